The fraction of sp³-hybridized carbons (Fsp3) is 0.742. The molecule has 7 saturated carbocycles. The highest BCUT2D eigenvalue weighted by atomic mass is 16.7. The van der Waals surface area contributed by atoms with Crippen molar-refractivity contribution in [2.75, 3.05) is 19.8 Å². The standard InChI is InChI=1S/C62H80O13/c1-33-44(34(2)64)49(66)46-38(48(33)65)23-35(54(70)71)24-42(46)73-55-50(67)51(68)62-27-39-40-26-57(19-21-60(31-57)16-7-15-59(60)20-18-56(30-59)11-3-4-12-56)25-36-29-72-32-61(47(36)40,17-8-22-63)41-10-9-37(45(39)41)43(75-62)28-58(13-5-6-14-58)52(69)53(62)74-55/h10,23-24,36,39-40,43,47,50-53,55,63,65-69H,3-9,11-22,25-32H2,1-2H3,(H,70,71)/t36-,39-,40+,43+,47-,50+,51+,52-,53+,55+,57-,59+,60-,61-,62-/m0/s1. The van der Waals surface area contributed by atoms with Gasteiger partial charge in [-0.05, 0) is 210 Å². The zero-order chi connectivity index (χ0) is 51.8. The fourth-order valence-electron chi connectivity index (χ4n) is 21.8. The van der Waals surface area contributed by atoms with Gasteiger partial charge >= 0.3 is 5.97 Å². The Kier molecular flexibility index (Phi) is 11.3. The molecule has 2 bridgehead atoms. The Bertz CT molecular complexity index is 2800. The smallest absolute Gasteiger partial charge is 0.335 e. The summed E-state index contributed by atoms with van der Waals surface area (Å²) in [4.78, 5) is 25.6. The summed E-state index contributed by atoms with van der Waals surface area (Å²) < 4.78 is 28.2. The van der Waals surface area contributed by atoms with Crippen LogP contribution in [0.25, 0.3) is 10.8 Å². The maximum atomic E-state index is 13.3. The minimum atomic E-state index is -1.78. The Morgan fingerprint density at radius 1 is 0.813 bits per heavy atom. The number of phenols is 2. The van der Waals surface area contributed by atoms with Crippen LogP contribution in [0.5, 0.6) is 17.2 Å². The van der Waals surface area contributed by atoms with E-state index in [2.05, 4.69) is 6.08 Å². The van der Waals surface area contributed by atoms with Crippen LogP contribution in [-0.2, 0) is 14.2 Å². The minimum Gasteiger partial charge on any atom is -0.507 e. The molecule has 75 heavy (non-hydrogen) atoms. The normalized spacial score (nSPS) is 43.6. The molecule has 4 aliphatic heterocycles. The molecule has 0 radical (unpaired) electrons. The van der Waals surface area contributed by atoms with Crippen molar-refractivity contribution in [3.8, 4) is 17.2 Å². The lowest BCUT2D eigenvalue weighted by Crippen LogP contribution is -2.72. The van der Waals surface area contributed by atoms with E-state index in [0.717, 1.165) is 51.0 Å². The minimum absolute atomic E-state index is 0.0690. The molecule has 0 aromatic heterocycles. The van der Waals surface area contributed by atoms with Gasteiger partial charge in [-0.3, -0.25) is 4.79 Å². The lowest BCUT2D eigenvalue weighted by atomic mass is 9.42. The zero-order valence-corrected chi connectivity index (χ0v) is 44.2. The molecule has 8 aliphatic carbocycles. The summed E-state index contributed by atoms with van der Waals surface area (Å²) in [5.74, 6) is -2.38. The molecule has 7 N–H and O–H groups in total. The van der Waals surface area contributed by atoms with E-state index < -0.39 is 71.1 Å². The van der Waals surface area contributed by atoms with Gasteiger partial charge in [0.2, 0.25) is 6.29 Å². The van der Waals surface area contributed by atoms with E-state index in [1.807, 2.05) is 0 Å². The van der Waals surface area contributed by atoms with Crippen molar-refractivity contribution in [3.05, 3.63) is 51.6 Å². The summed E-state index contributed by atoms with van der Waals surface area (Å²) in [7, 11) is 0. The van der Waals surface area contributed by atoms with E-state index in [1.165, 1.54) is 120 Å². The molecular weight excluding hydrogens is 953 g/mol. The number of benzene rings is 2. The molecule has 406 valence electrons. The fourth-order valence-corrected chi connectivity index (χ4v) is 21.8. The highest BCUT2D eigenvalue weighted by Crippen LogP contribution is 2.79. The van der Waals surface area contributed by atoms with Gasteiger partial charge in [0.15, 0.2) is 5.78 Å². The number of hydrogen-bond acceptors (Lipinski definition) is 12. The van der Waals surface area contributed by atoms with Crippen LogP contribution in [0.1, 0.15) is 187 Å². The molecule has 0 unspecified atom stereocenters. The van der Waals surface area contributed by atoms with E-state index >= 15 is 0 Å². The zero-order valence-electron chi connectivity index (χ0n) is 44.2. The van der Waals surface area contributed by atoms with Crippen molar-refractivity contribution in [2.45, 2.75) is 210 Å². The number of aliphatic hydroxyl groups is 4. The van der Waals surface area contributed by atoms with Crippen molar-refractivity contribution in [3.63, 3.8) is 0 Å². The van der Waals surface area contributed by atoms with Crippen LogP contribution in [-0.4, -0.2) is 110 Å². The number of aromatic hydroxyl groups is 2. The average molecular weight is 1030 g/mol. The van der Waals surface area contributed by atoms with Crippen LogP contribution in [0.4, 0.5) is 0 Å². The van der Waals surface area contributed by atoms with Crippen molar-refractivity contribution >= 4 is 22.5 Å². The Morgan fingerprint density at radius 3 is 2.25 bits per heavy atom. The summed E-state index contributed by atoms with van der Waals surface area (Å²) >= 11 is 0. The van der Waals surface area contributed by atoms with E-state index in [9.17, 15) is 45.3 Å². The molecule has 12 aliphatic rings. The van der Waals surface area contributed by atoms with E-state index in [4.69, 9.17) is 18.9 Å². The quantitative estimate of drug-likeness (QED) is 0.102. The molecule has 14 rings (SSSR count). The van der Waals surface area contributed by atoms with Gasteiger partial charge in [-0.1, -0.05) is 38.2 Å². The van der Waals surface area contributed by atoms with E-state index in [0.29, 0.717) is 61.1 Å². The molecular formula is C62H80O13. The number of ketones is 1. The van der Waals surface area contributed by atoms with Gasteiger partial charge in [0.25, 0.3) is 0 Å². The lowest BCUT2D eigenvalue weighted by Gasteiger charge is -2.64. The van der Waals surface area contributed by atoms with Gasteiger partial charge in [-0.2, -0.15) is 0 Å². The molecule has 3 saturated heterocycles. The highest BCUT2D eigenvalue weighted by molar-refractivity contribution is 6.11. The van der Waals surface area contributed by atoms with E-state index in [1.54, 1.807) is 0 Å². The van der Waals surface area contributed by atoms with Crippen molar-refractivity contribution in [1.82, 2.24) is 0 Å². The van der Waals surface area contributed by atoms with Crippen LogP contribution >= 0.6 is 0 Å². The molecule has 6 spiro atoms. The largest absolute Gasteiger partial charge is 0.507 e. The monoisotopic (exact) mass is 1030 g/mol. The summed E-state index contributed by atoms with van der Waals surface area (Å²) in [5.41, 5.74) is 2.49. The van der Waals surface area contributed by atoms with Crippen LogP contribution in [0.2, 0.25) is 0 Å². The molecule has 13 heteroatoms. The van der Waals surface area contributed by atoms with Gasteiger partial charge < -0.3 is 54.7 Å². The number of rotatable bonds is 7. The maximum Gasteiger partial charge on any atom is 0.335 e. The Labute approximate surface area is 440 Å². The van der Waals surface area contributed by atoms with Crippen LogP contribution in [0.3, 0.4) is 0 Å². The highest BCUT2D eigenvalue weighted by Gasteiger charge is 2.73. The maximum absolute atomic E-state index is 13.3. The summed E-state index contributed by atoms with van der Waals surface area (Å²) in [6, 6.07) is 2.36. The summed E-state index contributed by atoms with van der Waals surface area (Å²) in [6.45, 7) is 4.16. The SMILES string of the molecule is CC(=O)c1c(C)c(O)c2cc(C(=O)O)cc(O[C@@H]3O[C@@H]4[C@H](O)C5(CCCC5)C[C@H]5O[C@@]4(C[C@@H]4C6=C5CC=C6[C@]5(CCCO)COC[C@@H]6C[C@@]7(CC[C@@]8(CCC[C@]89CCC8(CCCC8)C9)C7)C[C@H]4[C@H]65)[C@H](O)[C@H]3O)c2c1O. The first-order valence-electron chi connectivity index (χ1n) is 29.4. The van der Waals surface area contributed by atoms with Gasteiger partial charge in [0, 0.05) is 35.0 Å². The molecule has 2 aromatic rings. The number of carbonyl (C=O) groups is 2. The number of hydrogen-bond donors (Lipinski definition) is 7. The average Bonchev–Trinajstić information content (AvgIpc) is 4.27. The van der Waals surface area contributed by atoms with Gasteiger partial charge in [0.1, 0.15) is 41.2 Å². The summed E-state index contributed by atoms with van der Waals surface area (Å²) in [6.07, 6.45) is 20.7. The Morgan fingerprint density at radius 2 is 1.53 bits per heavy atom. The number of aromatic carboxylic acids is 1. The number of fused-ring (bicyclic) bond motifs is 6. The summed E-state index contributed by atoms with van der Waals surface area (Å²) in [5, 5.41) is 83.2. The van der Waals surface area contributed by atoms with Crippen LogP contribution in [0, 0.1) is 63.1 Å². The van der Waals surface area contributed by atoms with Crippen molar-refractivity contribution < 1.29 is 64.3 Å². The second-order valence-electron chi connectivity index (χ2n) is 27.6. The predicted molar refractivity (Wildman–Crippen MR) is 276 cm³/mol. The number of carbonyl (C=O) groups excluding carboxylic acids is 1. The number of phenolic OH excluding ortho intramolecular Hbond substituents is 2. The predicted octanol–water partition coefficient (Wildman–Crippen LogP) is 9.90. The number of carboxylic acid groups (broad SMARTS) is 1. The number of allylic oxidation sites excluding steroid dienone is 2. The lowest BCUT2D eigenvalue weighted by molar-refractivity contribution is -0.339. The molecule has 4 heterocycles. The van der Waals surface area contributed by atoms with Gasteiger partial charge in [0.05, 0.1) is 35.3 Å². The number of ether oxygens (including phenoxy) is 4. The van der Waals surface area contributed by atoms with Gasteiger partial charge in [-0.15, -0.1) is 0 Å². The third-order valence-corrected chi connectivity index (χ3v) is 24.5. The number of carboxylic acids is 1. The molecule has 2 aromatic carbocycles. The first-order chi connectivity index (χ1) is 36.0. The molecule has 15 atom stereocenters. The first kappa shape index (κ1) is 49.7. The van der Waals surface area contributed by atoms with Crippen molar-refractivity contribution in [2.24, 2.45) is 56.2 Å². The van der Waals surface area contributed by atoms with Gasteiger partial charge in [-0.25, -0.2) is 4.79 Å². The topological polar surface area (TPSA) is 213 Å². The van der Waals surface area contributed by atoms with Crippen LogP contribution < -0.4 is 4.74 Å². The molecule has 10 fully saturated rings. The Hall–Kier alpha value is -3.56. The van der Waals surface area contributed by atoms with Crippen LogP contribution in [0.15, 0.2) is 34.9 Å². The van der Waals surface area contributed by atoms with Crippen molar-refractivity contribution in [1.29, 1.82) is 0 Å². The second-order valence-corrected chi connectivity index (χ2v) is 27.6. The molecule has 0 amide bonds. The third-order valence-electron chi connectivity index (χ3n) is 24.5. The number of aliphatic hydroxyl groups excluding tert-OH is 4. The van der Waals surface area contributed by atoms with E-state index in [-0.39, 0.29) is 68.4 Å². The Balaban J connectivity index is 0.884. The molecule has 13 nitrogen and oxygen atoms in total. The number of Topliss-reactive ketones (excluding diaryl/α,β-unsaturated/α-hetero) is 1. The second kappa shape index (κ2) is 17.0. The first-order valence-corrected chi connectivity index (χ1v) is 29.4. The third kappa shape index (κ3) is 6.73.